The van der Waals surface area contributed by atoms with E-state index in [-0.39, 0.29) is 37.1 Å². The number of nitrogens with zero attached hydrogens (tertiary/aromatic N) is 2. The summed E-state index contributed by atoms with van der Waals surface area (Å²) in [6.07, 6.45) is 1.49. The average molecular weight is 453 g/mol. The van der Waals surface area contributed by atoms with Crippen LogP contribution in [0, 0.1) is 0 Å². The number of benzene rings is 3. The summed E-state index contributed by atoms with van der Waals surface area (Å²) in [5.74, 6) is -0.229. The topological polar surface area (TPSA) is 50.3 Å². The number of rotatable bonds is 6. The number of hydrogen-bond acceptors (Lipinski definition) is 3. The summed E-state index contributed by atoms with van der Waals surface area (Å²) < 4.78 is 14.5. The van der Waals surface area contributed by atoms with Gasteiger partial charge in [-0.1, -0.05) is 66.7 Å². The van der Waals surface area contributed by atoms with Crippen molar-refractivity contribution >= 4 is 22.6 Å². The van der Waals surface area contributed by atoms with Crippen LogP contribution in [0.2, 0.25) is 0 Å². The van der Waals surface area contributed by atoms with Crippen LogP contribution in [0.4, 0.5) is 4.39 Å². The Labute approximate surface area is 198 Å². The van der Waals surface area contributed by atoms with Crippen LogP contribution >= 0.6 is 0 Å². The molecule has 1 amide bonds. The molecule has 1 fully saturated rings. The predicted octanol–water partition coefficient (Wildman–Crippen LogP) is 6.12. The number of halogens is 1. The number of aromatic nitrogens is 1. The van der Waals surface area contributed by atoms with Crippen LogP contribution in [-0.2, 0) is 0 Å². The number of alkyl halides is 1. The Morgan fingerprint density at radius 3 is 2.47 bits per heavy atom. The van der Waals surface area contributed by atoms with Crippen molar-refractivity contribution in [1.29, 1.82) is 0 Å². The number of carbonyl (C=O) groups excluding carboxylic acids is 2. The molecule has 0 bridgehead atoms. The molecule has 1 aromatic heterocycles. The van der Waals surface area contributed by atoms with Crippen molar-refractivity contribution in [3.8, 4) is 11.1 Å². The minimum Gasteiger partial charge on any atom is -0.333 e. The van der Waals surface area contributed by atoms with Gasteiger partial charge in [-0.15, -0.1) is 0 Å². The van der Waals surface area contributed by atoms with Gasteiger partial charge >= 0.3 is 0 Å². The summed E-state index contributed by atoms with van der Waals surface area (Å²) >= 11 is 0. The second kappa shape index (κ2) is 9.56. The van der Waals surface area contributed by atoms with Gasteiger partial charge in [0.1, 0.15) is 6.17 Å². The van der Waals surface area contributed by atoms with Crippen LogP contribution in [-0.4, -0.2) is 40.3 Å². The zero-order chi connectivity index (χ0) is 23.5. The van der Waals surface area contributed by atoms with Crippen molar-refractivity contribution in [3.63, 3.8) is 0 Å². The first-order valence-electron chi connectivity index (χ1n) is 11.6. The Bertz CT molecular complexity index is 1330. The minimum absolute atomic E-state index is 0.0382. The third-order valence-electron chi connectivity index (χ3n) is 6.50. The van der Waals surface area contributed by atoms with Gasteiger partial charge in [0.25, 0.3) is 5.91 Å². The van der Waals surface area contributed by atoms with E-state index in [0.29, 0.717) is 23.1 Å². The fraction of sp³-hybridized carbons (Fsp3) is 0.207. The molecule has 5 heteroatoms. The summed E-state index contributed by atoms with van der Waals surface area (Å²) in [7, 11) is 0. The Hall–Kier alpha value is -3.86. The van der Waals surface area contributed by atoms with E-state index in [2.05, 4.69) is 4.98 Å². The van der Waals surface area contributed by atoms with Gasteiger partial charge in [0.05, 0.1) is 12.1 Å². The van der Waals surface area contributed by atoms with E-state index in [4.69, 9.17) is 0 Å². The lowest BCUT2D eigenvalue weighted by Crippen LogP contribution is -2.36. The molecule has 4 aromatic rings. The molecular formula is C29H25FN2O2. The third-order valence-corrected chi connectivity index (χ3v) is 6.50. The van der Waals surface area contributed by atoms with Crippen LogP contribution in [0.5, 0.6) is 0 Å². The van der Waals surface area contributed by atoms with Crippen molar-refractivity contribution in [2.75, 3.05) is 6.54 Å². The van der Waals surface area contributed by atoms with Crippen LogP contribution in [0.15, 0.2) is 91.1 Å². The molecule has 1 aliphatic rings. The Kier molecular flexibility index (Phi) is 6.17. The maximum absolute atomic E-state index is 14.5. The van der Waals surface area contributed by atoms with Crippen molar-refractivity contribution in [1.82, 2.24) is 9.88 Å². The van der Waals surface area contributed by atoms with E-state index in [1.165, 1.54) is 0 Å². The molecule has 0 unspecified atom stereocenters. The number of ketones is 1. The lowest BCUT2D eigenvalue weighted by Gasteiger charge is -2.25. The van der Waals surface area contributed by atoms with E-state index in [1.807, 2.05) is 72.8 Å². The fourth-order valence-corrected chi connectivity index (χ4v) is 4.84. The largest absolute Gasteiger partial charge is 0.333 e. The maximum Gasteiger partial charge on any atom is 0.254 e. The molecule has 0 spiro atoms. The number of amides is 1. The van der Waals surface area contributed by atoms with Crippen molar-refractivity contribution in [3.05, 3.63) is 102 Å². The summed E-state index contributed by atoms with van der Waals surface area (Å²) in [6.45, 7) is 0.0522. The zero-order valence-corrected chi connectivity index (χ0v) is 18.7. The van der Waals surface area contributed by atoms with Crippen molar-refractivity contribution in [2.24, 2.45) is 0 Å². The molecule has 0 radical (unpaired) electrons. The number of pyridine rings is 1. The molecule has 4 nitrogen and oxygen atoms in total. The lowest BCUT2D eigenvalue weighted by atomic mass is 9.97. The number of para-hydroxylation sites is 1. The summed E-state index contributed by atoms with van der Waals surface area (Å²) in [4.78, 5) is 32.6. The molecule has 2 heterocycles. The highest BCUT2D eigenvalue weighted by Gasteiger charge is 2.36. The molecule has 2 atom stereocenters. The first-order valence-corrected chi connectivity index (χ1v) is 11.6. The predicted molar refractivity (Wildman–Crippen MR) is 132 cm³/mol. The molecule has 1 saturated heterocycles. The molecule has 34 heavy (non-hydrogen) atoms. The van der Waals surface area contributed by atoms with Crippen LogP contribution < -0.4 is 0 Å². The fourth-order valence-electron chi connectivity index (χ4n) is 4.84. The quantitative estimate of drug-likeness (QED) is 0.331. The van der Waals surface area contributed by atoms with E-state index >= 15 is 0 Å². The van der Waals surface area contributed by atoms with Crippen LogP contribution in [0.1, 0.15) is 40.0 Å². The number of likely N-dealkylation sites (tertiary alicyclic amines) is 1. The molecule has 0 saturated carbocycles. The Morgan fingerprint density at radius 2 is 1.62 bits per heavy atom. The molecule has 0 N–H and O–H groups in total. The second-order valence-corrected chi connectivity index (χ2v) is 8.70. The number of Topliss-reactive ketones (excluding diaryl/α,β-unsaturated/α-hetero) is 1. The van der Waals surface area contributed by atoms with Crippen LogP contribution in [0.25, 0.3) is 22.0 Å². The Morgan fingerprint density at radius 1 is 0.882 bits per heavy atom. The molecule has 170 valence electrons. The molecule has 3 aromatic carbocycles. The first kappa shape index (κ1) is 22.0. The van der Waals surface area contributed by atoms with Gasteiger partial charge in [0.15, 0.2) is 5.78 Å². The van der Waals surface area contributed by atoms with E-state index < -0.39 is 6.17 Å². The van der Waals surface area contributed by atoms with Gasteiger partial charge in [-0.25, -0.2) is 4.39 Å². The highest BCUT2D eigenvalue weighted by atomic mass is 19.1. The number of carbonyl (C=O) groups is 2. The highest BCUT2D eigenvalue weighted by Crippen LogP contribution is 2.30. The van der Waals surface area contributed by atoms with Gasteiger partial charge in [-0.2, -0.15) is 0 Å². The summed E-state index contributed by atoms with van der Waals surface area (Å²) in [5.41, 5.74) is 3.57. The van der Waals surface area contributed by atoms with Gasteiger partial charge in [0.2, 0.25) is 0 Å². The molecule has 1 aliphatic heterocycles. The zero-order valence-electron chi connectivity index (χ0n) is 18.7. The van der Waals surface area contributed by atoms with Gasteiger partial charge < -0.3 is 4.90 Å². The summed E-state index contributed by atoms with van der Waals surface area (Å²) in [5, 5.41) is 0.910. The van der Waals surface area contributed by atoms with E-state index in [9.17, 15) is 14.0 Å². The third kappa shape index (κ3) is 4.34. The van der Waals surface area contributed by atoms with Gasteiger partial charge in [-0.3, -0.25) is 14.6 Å². The normalized spacial score (nSPS) is 17.7. The standard InChI is InChI=1S/C29H25FN2O2/c30-22-18-23(15-16-27(33)26-14-6-10-21-11-7-17-31-28(21)26)32(19-22)29(34)25-13-5-4-12-24(25)20-8-2-1-3-9-20/h1-14,17,22-23H,15-16,18-19H2/t22-,23-/m1/s1. The summed E-state index contributed by atoms with van der Waals surface area (Å²) in [6, 6.07) is 26.1. The van der Waals surface area contributed by atoms with Gasteiger partial charge in [0, 0.05) is 41.6 Å². The minimum atomic E-state index is -1.09. The Balaban J connectivity index is 1.36. The molecule has 5 rings (SSSR count). The average Bonchev–Trinajstić information content (AvgIpc) is 3.27. The molecular weight excluding hydrogens is 427 g/mol. The lowest BCUT2D eigenvalue weighted by molar-refractivity contribution is 0.0715. The van der Waals surface area contributed by atoms with Crippen molar-refractivity contribution < 1.29 is 14.0 Å². The highest BCUT2D eigenvalue weighted by molar-refractivity contribution is 6.06. The van der Waals surface area contributed by atoms with E-state index in [1.54, 1.807) is 23.2 Å². The maximum atomic E-state index is 14.5. The monoisotopic (exact) mass is 452 g/mol. The number of fused-ring (bicyclic) bond motifs is 1. The SMILES string of the molecule is O=C(CC[C@@H]1C[C@@H](F)CN1C(=O)c1ccccc1-c1ccccc1)c1cccc2cccnc12. The van der Waals surface area contributed by atoms with Crippen molar-refractivity contribution in [2.45, 2.75) is 31.5 Å². The van der Waals surface area contributed by atoms with Crippen LogP contribution in [0.3, 0.4) is 0 Å². The smallest absolute Gasteiger partial charge is 0.254 e. The molecule has 0 aliphatic carbocycles. The van der Waals surface area contributed by atoms with E-state index in [0.717, 1.165) is 16.5 Å². The second-order valence-electron chi connectivity index (χ2n) is 8.70. The first-order chi connectivity index (χ1) is 16.6. The number of hydrogen-bond donors (Lipinski definition) is 0. The van der Waals surface area contributed by atoms with Gasteiger partial charge in [-0.05, 0) is 35.7 Å².